The van der Waals surface area contributed by atoms with Crippen molar-refractivity contribution in [2.75, 3.05) is 13.2 Å². The molecule has 0 spiro atoms. The average molecular weight is 381 g/mol. The predicted octanol–water partition coefficient (Wildman–Crippen LogP) is 4.36. The molecule has 0 aliphatic heterocycles. The second-order valence-electron chi connectivity index (χ2n) is 5.81. The van der Waals surface area contributed by atoms with E-state index in [1.54, 1.807) is 16.7 Å². The first-order valence-electron chi connectivity index (χ1n) is 8.57. The summed E-state index contributed by atoms with van der Waals surface area (Å²) < 4.78 is 5.06. The fraction of sp³-hybridized carbons (Fsp3) is 0.500. The van der Waals surface area contributed by atoms with E-state index in [2.05, 4.69) is 24.1 Å². The Morgan fingerprint density at radius 1 is 1.32 bits per heavy atom. The maximum Gasteiger partial charge on any atom is 0.358 e. The molecule has 5 nitrogen and oxygen atoms in total. The largest absolute Gasteiger partial charge is 0.451 e. The van der Waals surface area contributed by atoms with Crippen LogP contribution in [0.4, 0.5) is 0 Å². The molecular weight excluding hydrogens is 356 g/mol. The summed E-state index contributed by atoms with van der Waals surface area (Å²) in [7, 11) is 0. The molecule has 0 aliphatic carbocycles. The van der Waals surface area contributed by atoms with E-state index in [9.17, 15) is 9.59 Å². The van der Waals surface area contributed by atoms with Crippen molar-refractivity contribution >= 4 is 34.6 Å². The lowest BCUT2D eigenvalue weighted by Crippen LogP contribution is -2.32. The summed E-state index contributed by atoms with van der Waals surface area (Å²) in [4.78, 5) is 29.2. The molecule has 0 aliphatic rings. The Morgan fingerprint density at radius 3 is 2.84 bits per heavy atom. The van der Waals surface area contributed by atoms with Crippen LogP contribution in [0, 0.1) is 5.92 Å². The van der Waals surface area contributed by atoms with Gasteiger partial charge in [0.1, 0.15) is 5.01 Å². The smallest absolute Gasteiger partial charge is 0.358 e. The number of nitrogens with zero attached hydrogens (tertiary/aromatic N) is 1. The van der Waals surface area contributed by atoms with Crippen LogP contribution in [0.2, 0.25) is 0 Å². The molecule has 1 amide bonds. The molecule has 0 unspecified atom stereocenters. The molecule has 1 N–H and O–H groups in total. The van der Waals surface area contributed by atoms with E-state index in [-0.39, 0.29) is 18.2 Å². The van der Waals surface area contributed by atoms with Crippen molar-refractivity contribution in [2.45, 2.75) is 39.5 Å². The van der Waals surface area contributed by atoms with Crippen molar-refractivity contribution in [1.29, 1.82) is 0 Å². The van der Waals surface area contributed by atoms with E-state index in [1.165, 1.54) is 17.8 Å². The van der Waals surface area contributed by atoms with Gasteiger partial charge in [0.2, 0.25) is 0 Å². The van der Waals surface area contributed by atoms with Gasteiger partial charge in [0, 0.05) is 11.9 Å². The van der Waals surface area contributed by atoms with Crippen LogP contribution < -0.4 is 5.32 Å². The molecule has 2 aromatic heterocycles. The van der Waals surface area contributed by atoms with Crippen LogP contribution in [0.5, 0.6) is 0 Å². The van der Waals surface area contributed by atoms with Gasteiger partial charge in [0.25, 0.3) is 5.91 Å². The summed E-state index contributed by atoms with van der Waals surface area (Å²) in [6, 6.07) is 3.89. The molecule has 2 heterocycles. The van der Waals surface area contributed by atoms with Gasteiger partial charge in [0.15, 0.2) is 12.3 Å². The van der Waals surface area contributed by atoms with E-state index in [1.807, 2.05) is 17.5 Å². The Morgan fingerprint density at radius 2 is 2.16 bits per heavy atom. The van der Waals surface area contributed by atoms with Crippen LogP contribution >= 0.6 is 22.7 Å². The molecule has 136 valence electrons. The summed E-state index contributed by atoms with van der Waals surface area (Å²) in [5, 5.41) is 7.25. The fourth-order valence-electron chi connectivity index (χ4n) is 2.34. The molecule has 0 saturated carbocycles. The molecule has 0 bridgehead atoms. The third kappa shape index (κ3) is 6.25. The van der Waals surface area contributed by atoms with Gasteiger partial charge in [-0.1, -0.05) is 39.2 Å². The zero-order valence-electron chi connectivity index (χ0n) is 14.6. The van der Waals surface area contributed by atoms with Crippen LogP contribution in [0.25, 0.3) is 9.88 Å². The van der Waals surface area contributed by atoms with E-state index >= 15 is 0 Å². The van der Waals surface area contributed by atoms with E-state index in [4.69, 9.17) is 4.74 Å². The lowest BCUT2D eigenvalue weighted by Gasteiger charge is -2.15. The van der Waals surface area contributed by atoms with Gasteiger partial charge in [-0.3, -0.25) is 4.79 Å². The van der Waals surface area contributed by atoms with Crippen LogP contribution in [0.1, 0.15) is 50.0 Å². The molecule has 0 saturated heterocycles. The van der Waals surface area contributed by atoms with Gasteiger partial charge in [-0.15, -0.1) is 22.7 Å². The molecule has 0 fully saturated rings. The molecule has 0 aromatic carbocycles. The first kappa shape index (κ1) is 19.6. The number of ether oxygens (including phenoxy) is 1. The lowest BCUT2D eigenvalue weighted by atomic mass is 9.99. The van der Waals surface area contributed by atoms with Crippen molar-refractivity contribution < 1.29 is 14.3 Å². The highest BCUT2D eigenvalue weighted by molar-refractivity contribution is 7.20. The minimum Gasteiger partial charge on any atom is -0.451 e. The van der Waals surface area contributed by atoms with Gasteiger partial charge in [0.05, 0.1) is 4.88 Å². The second kappa shape index (κ2) is 10.3. The lowest BCUT2D eigenvalue weighted by molar-refractivity contribution is -0.124. The number of aromatic nitrogens is 1. The summed E-state index contributed by atoms with van der Waals surface area (Å²) in [6.45, 7) is 4.65. The van der Waals surface area contributed by atoms with E-state index in [0.29, 0.717) is 12.5 Å². The second-order valence-corrected chi connectivity index (χ2v) is 7.62. The highest BCUT2D eigenvalue weighted by Crippen LogP contribution is 2.27. The van der Waals surface area contributed by atoms with E-state index < -0.39 is 5.97 Å². The number of nitrogens with one attached hydrogen (secondary N) is 1. The topological polar surface area (TPSA) is 68.3 Å². The minimum absolute atomic E-state index is 0.246. The average Bonchev–Trinajstić information content (AvgIpc) is 3.30. The Balaban J connectivity index is 1.75. The summed E-state index contributed by atoms with van der Waals surface area (Å²) in [6.07, 6.45) is 4.46. The SMILES string of the molecule is CCCC[C@@H](CC)CNC(=O)COC(=O)c1csc(-c2cccs2)n1. The molecule has 0 radical (unpaired) electrons. The predicted molar refractivity (Wildman–Crippen MR) is 102 cm³/mol. The molecule has 2 aromatic rings. The Kier molecular flexibility index (Phi) is 8.08. The number of hydrogen-bond acceptors (Lipinski definition) is 6. The van der Waals surface area contributed by atoms with E-state index in [0.717, 1.165) is 29.1 Å². The Labute approximate surface area is 156 Å². The molecule has 2 rings (SSSR count). The Bertz CT molecular complexity index is 668. The molecule has 25 heavy (non-hydrogen) atoms. The van der Waals surface area contributed by atoms with Crippen molar-refractivity contribution in [3.05, 3.63) is 28.6 Å². The molecule has 1 atom stereocenters. The number of esters is 1. The number of thiazole rings is 1. The van der Waals surface area contributed by atoms with Crippen LogP contribution in [0.15, 0.2) is 22.9 Å². The first-order chi connectivity index (χ1) is 12.1. The van der Waals surface area contributed by atoms with Crippen molar-refractivity contribution in [2.24, 2.45) is 5.92 Å². The number of carbonyl (C=O) groups excluding carboxylic acids is 2. The van der Waals surface area contributed by atoms with Crippen LogP contribution in [-0.4, -0.2) is 30.0 Å². The van der Waals surface area contributed by atoms with Gasteiger partial charge in [-0.2, -0.15) is 0 Å². The first-order valence-corrected chi connectivity index (χ1v) is 10.3. The molecular formula is C18H24N2O3S2. The van der Waals surface area contributed by atoms with Crippen molar-refractivity contribution in [1.82, 2.24) is 10.3 Å². The van der Waals surface area contributed by atoms with Crippen molar-refractivity contribution in [3.8, 4) is 9.88 Å². The maximum absolute atomic E-state index is 12.0. The Hall–Kier alpha value is -1.73. The highest BCUT2D eigenvalue weighted by atomic mass is 32.1. The highest BCUT2D eigenvalue weighted by Gasteiger charge is 2.16. The summed E-state index contributed by atoms with van der Waals surface area (Å²) >= 11 is 2.96. The van der Waals surface area contributed by atoms with Crippen LogP contribution in [-0.2, 0) is 9.53 Å². The normalized spacial score (nSPS) is 11.9. The van der Waals surface area contributed by atoms with Gasteiger partial charge >= 0.3 is 5.97 Å². The van der Waals surface area contributed by atoms with Crippen molar-refractivity contribution in [3.63, 3.8) is 0 Å². The number of hydrogen-bond donors (Lipinski definition) is 1. The molecule has 7 heteroatoms. The zero-order valence-corrected chi connectivity index (χ0v) is 16.3. The summed E-state index contributed by atoms with van der Waals surface area (Å²) in [5.74, 6) is -0.351. The summed E-state index contributed by atoms with van der Waals surface area (Å²) in [5.41, 5.74) is 0.246. The van der Waals surface area contributed by atoms with Crippen LogP contribution in [0.3, 0.4) is 0 Å². The third-order valence-electron chi connectivity index (χ3n) is 3.91. The monoisotopic (exact) mass is 380 g/mol. The number of rotatable bonds is 10. The van der Waals surface area contributed by atoms with Gasteiger partial charge < -0.3 is 10.1 Å². The maximum atomic E-state index is 12.0. The number of thiophene rings is 1. The number of unbranched alkanes of at least 4 members (excludes halogenated alkanes) is 1. The standard InChI is InChI=1S/C18H24N2O3S2/c1-3-5-7-13(4-2)10-19-16(21)11-23-18(22)14-12-25-17(20-14)15-8-6-9-24-15/h6,8-9,12-13H,3-5,7,10-11H2,1-2H3,(H,19,21)/t13-/m1/s1. The zero-order chi connectivity index (χ0) is 18.1. The fourth-order valence-corrected chi connectivity index (χ4v) is 3.94. The van der Waals surface area contributed by atoms with Gasteiger partial charge in [-0.05, 0) is 23.8 Å². The third-order valence-corrected chi connectivity index (χ3v) is 5.79. The number of amides is 1. The minimum atomic E-state index is -0.563. The quantitative estimate of drug-likeness (QED) is 0.622. The van der Waals surface area contributed by atoms with Gasteiger partial charge in [-0.25, -0.2) is 9.78 Å². The number of carbonyl (C=O) groups is 2.